The number of ether oxygens (including phenoxy) is 1. The number of pyridine rings is 2. The van der Waals surface area contributed by atoms with E-state index in [9.17, 15) is 0 Å². The summed E-state index contributed by atoms with van der Waals surface area (Å²) in [6, 6.07) is 38.7. The summed E-state index contributed by atoms with van der Waals surface area (Å²) in [5, 5.41) is 2.32. The van der Waals surface area contributed by atoms with Crippen LogP contribution in [0.5, 0.6) is 11.6 Å². The van der Waals surface area contributed by atoms with Gasteiger partial charge >= 0.3 is 0 Å². The first-order valence-corrected chi connectivity index (χ1v) is 18.5. The van der Waals surface area contributed by atoms with Crippen LogP contribution in [0.1, 0.15) is 79.0 Å². The zero-order valence-corrected chi connectivity index (χ0v) is 32.3. The Balaban J connectivity index is 1.21. The van der Waals surface area contributed by atoms with Crippen molar-refractivity contribution in [3.05, 3.63) is 145 Å². The quantitative estimate of drug-likeness (QED) is 0.168. The lowest BCUT2D eigenvalue weighted by molar-refractivity contribution is -0.567. The summed E-state index contributed by atoms with van der Waals surface area (Å²) in [6.45, 7) is 20.4. The molecule has 0 aliphatic rings. The molecule has 8 aromatic rings. The lowest BCUT2D eigenvalue weighted by Gasteiger charge is -2.25. The van der Waals surface area contributed by atoms with Gasteiger partial charge in [-0.15, -0.1) is 0 Å². The maximum atomic E-state index is 6.56. The molecule has 0 bridgehead atoms. The van der Waals surface area contributed by atoms with Gasteiger partial charge in [-0.1, -0.05) is 98.7 Å². The highest BCUT2D eigenvalue weighted by molar-refractivity contribution is 6.09. The largest absolute Gasteiger partial charge is 0.439 e. The monoisotopic (exact) mass is 698 g/mol. The van der Waals surface area contributed by atoms with Gasteiger partial charge in [-0.3, -0.25) is 4.57 Å². The predicted octanol–water partition coefficient (Wildman–Crippen LogP) is 11.5. The zero-order valence-electron chi connectivity index (χ0n) is 32.3. The number of para-hydroxylation sites is 3. The van der Waals surface area contributed by atoms with Gasteiger partial charge in [0.2, 0.25) is 5.88 Å². The minimum Gasteiger partial charge on any atom is -0.439 e. The molecular weight excluding hydrogens is 651 g/mol. The molecule has 0 aliphatic carbocycles. The molecule has 8 rings (SSSR count). The minimum atomic E-state index is -0.00243. The van der Waals surface area contributed by atoms with Crippen molar-refractivity contribution in [2.45, 2.75) is 78.6 Å². The van der Waals surface area contributed by atoms with E-state index in [2.05, 4.69) is 178 Å². The summed E-state index contributed by atoms with van der Waals surface area (Å²) >= 11 is 0. The number of hydrogen-bond donors (Lipinski definition) is 0. The third-order valence-corrected chi connectivity index (χ3v) is 10.3. The molecule has 4 aromatic heterocycles. The van der Waals surface area contributed by atoms with Gasteiger partial charge in [-0.05, 0) is 87.5 Å². The van der Waals surface area contributed by atoms with Crippen LogP contribution in [-0.4, -0.2) is 19.1 Å². The first-order chi connectivity index (χ1) is 25.1. The van der Waals surface area contributed by atoms with Gasteiger partial charge in [0, 0.05) is 41.4 Å². The molecule has 0 aliphatic heterocycles. The molecule has 0 fully saturated rings. The van der Waals surface area contributed by atoms with Crippen LogP contribution < -0.4 is 9.30 Å². The van der Waals surface area contributed by atoms with Crippen LogP contribution in [0.25, 0.3) is 50.0 Å². The Bertz CT molecular complexity index is 2630. The van der Waals surface area contributed by atoms with Crippen molar-refractivity contribution in [3.63, 3.8) is 0 Å². The van der Waals surface area contributed by atoms with Crippen LogP contribution in [0, 0.1) is 0 Å². The Kier molecular flexibility index (Phi) is 8.06. The molecule has 0 atom stereocenters. The number of aromatic nitrogens is 5. The van der Waals surface area contributed by atoms with Crippen molar-refractivity contribution in [2.75, 3.05) is 0 Å². The van der Waals surface area contributed by atoms with Gasteiger partial charge in [0.05, 0.1) is 11.0 Å². The third-order valence-electron chi connectivity index (χ3n) is 10.3. The summed E-state index contributed by atoms with van der Waals surface area (Å²) in [5.74, 6) is 2.11. The Morgan fingerprint density at radius 2 is 1.19 bits per heavy atom. The fourth-order valence-corrected chi connectivity index (χ4v) is 7.13. The van der Waals surface area contributed by atoms with Crippen LogP contribution in [0.3, 0.4) is 0 Å². The summed E-state index contributed by atoms with van der Waals surface area (Å²) in [5.41, 5.74) is 10.4. The predicted molar refractivity (Wildman–Crippen MR) is 217 cm³/mol. The highest BCUT2D eigenvalue weighted by Gasteiger charge is 2.25. The van der Waals surface area contributed by atoms with Gasteiger partial charge in [-0.2, -0.15) is 9.13 Å². The van der Waals surface area contributed by atoms with E-state index < -0.39 is 0 Å². The molecule has 0 amide bonds. The Hall–Kier alpha value is -5.75. The van der Waals surface area contributed by atoms with E-state index in [1.54, 1.807) is 0 Å². The van der Waals surface area contributed by atoms with Crippen LogP contribution in [0.15, 0.2) is 128 Å². The van der Waals surface area contributed by atoms with E-state index >= 15 is 0 Å². The second-order valence-corrected chi connectivity index (χ2v) is 17.3. The Morgan fingerprint density at radius 1 is 0.547 bits per heavy atom. The Labute approximate surface area is 312 Å². The van der Waals surface area contributed by atoms with Crippen molar-refractivity contribution >= 4 is 32.8 Å². The molecule has 0 saturated heterocycles. The fraction of sp³-hybridized carbons (Fsp3) is 0.255. The van der Waals surface area contributed by atoms with Crippen LogP contribution in [0.2, 0.25) is 0 Å². The highest BCUT2D eigenvalue weighted by Crippen LogP contribution is 2.36. The number of imidazole rings is 1. The van der Waals surface area contributed by atoms with E-state index in [0.717, 1.165) is 44.6 Å². The number of hydrogen-bond acceptors (Lipinski definition) is 3. The van der Waals surface area contributed by atoms with Crippen molar-refractivity contribution < 1.29 is 9.30 Å². The number of rotatable bonds is 5. The molecule has 0 saturated carbocycles. The smallest absolute Gasteiger partial charge is 0.255 e. The van der Waals surface area contributed by atoms with Gasteiger partial charge in [0.15, 0.2) is 11.0 Å². The average molecular weight is 699 g/mol. The van der Waals surface area contributed by atoms with Crippen molar-refractivity contribution in [3.8, 4) is 28.8 Å². The number of fused-ring (bicyclic) bond motifs is 4. The van der Waals surface area contributed by atoms with E-state index in [-0.39, 0.29) is 16.2 Å². The summed E-state index contributed by atoms with van der Waals surface area (Å²) in [6.07, 6.45) is 5.91. The van der Waals surface area contributed by atoms with E-state index in [1.807, 2.05) is 30.6 Å². The molecular formula is C47H48N5O+. The molecule has 0 unspecified atom stereocenters. The third kappa shape index (κ3) is 6.37. The summed E-state index contributed by atoms with van der Waals surface area (Å²) < 4.78 is 13.3. The molecule has 6 heteroatoms. The maximum Gasteiger partial charge on any atom is 0.255 e. The van der Waals surface area contributed by atoms with Gasteiger partial charge in [0.1, 0.15) is 22.9 Å². The highest BCUT2D eigenvalue weighted by atomic mass is 16.5. The molecule has 0 radical (unpaired) electrons. The number of benzene rings is 4. The molecule has 266 valence electrons. The molecule has 4 aromatic carbocycles. The van der Waals surface area contributed by atoms with Gasteiger partial charge in [0.25, 0.3) is 6.33 Å². The molecule has 0 spiro atoms. The lowest BCUT2D eigenvalue weighted by atomic mass is 9.80. The van der Waals surface area contributed by atoms with Crippen molar-refractivity contribution in [1.29, 1.82) is 0 Å². The summed E-state index contributed by atoms with van der Waals surface area (Å²) in [4.78, 5) is 9.50. The first kappa shape index (κ1) is 34.3. The van der Waals surface area contributed by atoms with Gasteiger partial charge in [-0.25, -0.2) is 9.97 Å². The second-order valence-electron chi connectivity index (χ2n) is 17.3. The molecule has 6 nitrogen and oxygen atoms in total. The van der Waals surface area contributed by atoms with Crippen molar-refractivity contribution in [1.82, 2.24) is 19.1 Å². The van der Waals surface area contributed by atoms with E-state index in [1.165, 1.54) is 22.1 Å². The van der Waals surface area contributed by atoms with Gasteiger partial charge < -0.3 is 4.74 Å². The standard InChI is InChI=1S/C47H48N5O/c1-45(2,3)31-20-22-48-43(27-31)52-39-15-11-10-14-37(39)38-19-18-36(29-42(38)52)53-44-28-34(21-23-49-44)50-30-51(41-17-13-12-16-40(41)50)35-25-32(46(4,5)6)24-33(26-35)47(7,8)9/h10-30H,1-9H3/q+1. The topological polar surface area (TPSA) is 48.8 Å². The molecule has 53 heavy (non-hydrogen) atoms. The second kappa shape index (κ2) is 12.4. The average Bonchev–Trinajstić information content (AvgIpc) is 3.67. The lowest BCUT2D eigenvalue weighted by Crippen LogP contribution is -2.31. The molecule has 4 heterocycles. The SMILES string of the molecule is CC(C)(C)c1cc(-[n+]2cn(-c3ccnc(Oc4ccc5c6ccccc6n(-c6cc(C(C)(C)C)ccn6)c5c4)c3)c3ccccc32)cc(C(C)(C)C)c1. The normalized spacial score (nSPS) is 12.6. The maximum absolute atomic E-state index is 6.56. The minimum absolute atomic E-state index is 0.00243. The first-order valence-electron chi connectivity index (χ1n) is 18.5. The van der Waals surface area contributed by atoms with Crippen LogP contribution in [-0.2, 0) is 16.2 Å². The van der Waals surface area contributed by atoms with E-state index in [0.29, 0.717) is 11.6 Å². The fourth-order valence-electron chi connectivity index (χ4n) is 7.13. The van der Waals surface area contributed by atoms with Crippen LogP contribution in [0.4, 0.5) is 0 Å². The zero-order chi connectivity index (χ0) is 37.3. The van der Waals surface area contributed by atoms with E-state index in [4.69, 9.17) is 9.72 Å². The van der Waals surface area contributed by atoms with Crippen LogP contribution >= 0.6 is 0 Å². The van der Waals surface area contributed by atoms with Crippen molar-refractivity contribution in [2.24, 2.45) is 0 Å². The molecule has 0 N–H and O–H groups in total. The summed E-state index contributed by atoms with van der Waals surface area (Å²) in [7, 11) is 0. The Morgan fingerprint density at radius 3 is 1.91 bits per heavy atom. The number of nitrogens with zero attached hydrogens (tertiary/aromatic N) is 5.